The van der Waals surface area contributed by atoms with Crippen LogP contribution < -0.4 is 15.4 Å². The number of aromatic nitrogens is 5. The predicted octanol–water partition coefficient (Wildman–Crippen LogP) is 1.24. The first-order valence-electron chi connectivity index (χ1n) is 6.85. The molecule has 21 heavy (non-hydrogen) atoms. The second kappa shape index (κ2) is 6.87. The van der Waals surface area contributed by atoms with E-state index in [9.17, 15) is 0 Å². The molecule has 0 aliphatic rings. The van der Waals surface area contributed by atoms with Crippen LogP contribution in [0, 0.1) is 13.8 Å². The summed E-state index contributed by atoms with van der Waals surface area (Å²) >= 11 is 0. The van der Waals surface area contributed by atoms with Crippen molar-refractivity contribution in [2.75, 3.05) is 31.3 Å². The third-order valence-electron chi connectivity index (χ3n) is 2.95. The van der Waals surface area contributed by atoms with Gasteiger partial charge >= 0.3 is 6.01 Å². The number of aryl methyl sites for hydroxylation is 3. The Morgan fingerprint density at radius 1 is 1.19 bits per heavy atom. The highest BCUT2D eigenvalue weighted by atomic mass is 16.5. The fourth-order valence-electron chi connectivity index (χ4n) is 1.97. The summed E-state index contributed by atoms with van der Waals surface area (Å²) in [5, 5.41) is 10.5. The number of nitrogens with one attached hydrogen (secondary N) is 2. The molecule has 0 radical (unpaired) electrons. The molecule has 0 spiro atoms. The number of ether oxygens (including phenoxy) is 1. The second-order valence-electron chi connectivity index (χ2n) is 4.65. The smallest absolute Gasteiger partial charge is 0.322 e. The van der Waals surface area contributed by atoms with Crippen molar-refractivity contribution in [3.8, 4) is 6.01 Å². The van der Waals surface area contributed by atoms with Crippen LogP contribution in [0.25, 0.3) is 0 Å². The van der Waals surface area contributed by atoms with Crippen molar-refractivity contribution in [2.45, 2.75) is 26.8 Å². The van der Waals surface area contributed by atoms with Crippen molar-refractivity contribution >= 4 is 11.9 Å². The summed E-state index contributed by atoms with van der Waals surface area (Å²) in [7, 11) is 3.28. The van der Waals surface area contributed by atoms with Gasteiger partial charge in [-0.1, -0.05) is 0 Å². The van der Waals surface area contributed by atoms with Gasteiger partial charge in [-0.3, -0.25) is 4.68 Å². The lowest BCUT2D eigenvalue weighted by molar-refractivity contribution is 0.379. The Bertz CT molecular complexity index is 574. The summed E-state index contributed by atoms with van der Waals surface area (Å²) in [6.45, 7) is 5.66. The van der Waals surface area contributed by atoms with Gasteiger partial charge in [-0.05, 0) is 26.3 Å². The molecule has 0 aliphatic carbocycles. The van der Waals surface area contributed by atoms with Crippen molar-refractivity contribution < 1.29 is 4.74 Å². The average molecular weight is 291 g/mol. The average Bonchev–Trinajstić information content (AvgIpc) is 2.81. The first-order chi connectivity index (χ1) is 10.1. The lowest BCUT2D eigenvalue weighted by atomic mass is 10.4. The second-order valence-corrected chi connectivity index (χ2v) is 4.65. The molecule has 8 heteroatoms. The van der Waals surface area contributed by atoms with Crippen molar-refractivity contribution in [3.63, 3.8) is 0 Å². The number of methoxy groups -OCH3 is 1. The van der Waals surface area contributed by atoms with Crippen LogP contribution in [0.2, 0.25) is 0 Å². The van der Waals surface area contributed by atoms with Gasteiger partial charge in [0.05, 0.1) is 12.8 Å². The molecule has 0 aromatic carbocycles. The highest BCUT2D eigenvalue weighted by molar-refractivity contribution is 5.35. The van der Waals surface area contributed by atoms with Crippen LogP contribution in [0.5, 0.6) is 6.01 Å². The molecule has 8 nitrogen and oxygen atoms in total. The molecule has 2 heterocycles. The maximum atomic E-state index is 5.04. The van der Waals surface area contributed by atoms with E-state index in [1.165, 1.54) is 12.8 Å². The summed E-state index contributed by atoms with van der Waals surface area (Å²) in [5.74, 6) is 0.975. The lowest BCUT2D eigenvalue weighted by Gasteiger charge is -2.08. The molecule has 0 saturated heterocycles. The normalized spacial score (nSPS) is 10.5. The minimum atomic E-state index is 0.287. The molecule has 0 saturated carbocycles. The number of anilines is 2. The zero-order chi connectivity index (χ0) is 15.2. The van der Waals surface area contributed by atoms with Gasteiger partial charge in [0, 0.05) is 25.8 Å². The molecule has 0 unspecified atom stereocenters. The number of hydrogen-bond acceptors (Lipinski definition) is 7. The van der Waals surface area contributed by atoms with E-state index >= 15 is 0 Å². The first kappa shape index (κ1) is 15.0. The maximum Gasteiger partial charge on any atom is 0.322 e. The lowest BCUT2D eigenvalue weighted by Crippen LogP contribution is -2.12. The molecule has 2 rings (SSSR count). The zero-order valence-electron chi connectivity index (χ0n) is 12.8. The topological polar surface area (TPSA) is 89.8 Å². The minimum Gasteiger partial charge on any atom is -0.467 e. The highest BCUT2D eigenvalue weighted by Crippen LogP contribution is 2.10. The van der Waals surface area contributed by atoms with E-state index in [4.69, 9.17) is 4.74 Å². The number of hydrogen-bond donors (Lipinski definition) is 2. The SMILES string of the molecule is CNc1nc(NCCCn2nc(C)cc2C)nc(OC)n1. The van der Waals surface area contributed by atoms with Crippen LogP contribution in [0.4, 0.5) is 11.9 Å². The number of rotatable bonds is 7. The summed E-state index contributed by atoms with van der Waals surface area (Å²) < 4.78 is 7.04. The minimum absolute atomic E-state index is 0.287. The van der Waals surface area contributed by atoms with Crippen LogP contribution in [-0.2, 0) is 6.54 Å². The molecule has 2 N–H and O–H groups in total. The molecular formula is C13H21N7O. The molecule has 2 aromatic heterocycles. The third-order valence-corrected chi connectivity index (χ3v) is 2.95. The molecule has 114 valence electrons. The van der Waals surface area contributed by atoms with Crippen molar-refractivity contribution in [1.82, 2.24) is 24.7 Å². The van der Waals surface area contributed by atoms with Gasteiger partial charge in [-0.2, -0.15) is 20.1 Å². The monoisotopic (exact) mass is 291 g/mol. The van der Waals surface area contributed by atoms with E-state index in [0.717, 1.165) is 25.2 Å². The molecule has 0 bridgehead atoms. The molecular weight excluding hydrogens is 270 g/mol. The summed E-state index contributed by atoms with van der Waals surface area (Å²) in [6.07, 6.45) is 0.921. The highest BCUT2D eigenvalue weighted by Gasteiger charge is 2.05. The van der Waals surface area contributed by atoms with E-state index in [0.29, 0.717) is 11.9 Å². The molecule has 0 atom stereocenters. The molecule has 0 fully saturated rings. The van der Waals surface area contributed by atoms with E-state index in [1.54, 1.807) is 7.05 Å². The van der Waals surface area contributed by atoms with Gasteiger partial charge in [-0.25, -0.2) is 0 Å². The van der Waals surface area contributed by atoms with Crippen molar-refractivity contribution in [1.29, 1.82) is 0 Å². The van der Waals surface area contributed by atoms with Gasteiger partial charge < -0.3 is 15.4 Å². The third kappa shape index (κ3) is 4.04. The summed E-state index contributed by atoms with van der Waals surface area (Å²) in [4.78, 5) is 12.4. The first-order valence-corrected chi connectivity index (χ1v) is 6.85. The number of nitrogens with zero attached hydrogens (tertiary/aromatic N) is 5. The Balaban J connectivity index is 1.87. The van der Waals surface area contributed by atoms with Crippen molar-refractivity contribution in [2.24, 2.45) is 0 Å². The van der Waals surface area contributed by atoms with Gasteiger partial charge in [0.15, 0.2) is 0 Å². The Kier molecular flexibility index (Phi) is 4.91. The van der Waals surface area contributed by atoms with E-state index in [2.05, 4.69) is 43.7 Å². The fourth-order valence-corrected chi connectivity index (χ4v) is 1.97. The molecule has 0 aliphatic heterocycles. The van der Waals surface area contributed by atoms with Crippen LogP contribution in [0.3, 0.4) is 0 Å². The Morgan fingerprint density at radius 3 is 2.57 bits per heavy atom. The largest absolute Gasteiger partial charge is 0.467 e. The summed E-state index contributed by atoms with van der Waals surface area (Å²) in [6, 6.07) is 2.36. The van der Waals surface area contributed by atoms with Gasteiger partial charge in [0.2, 0.25) is 11.9 Å². The quantitative estimate of drug-likeness (QED) is 0.742. The fraction of sp³-hybridized carbons (Fsp3) is 0.538. The Morgan fingerprint density at radius 2 is 1.95 bits per heavy atom. The zero-order valence-corrected chi connectivity index (χ0v) is 12.8. The van der Waals surface area contributed by atoms with Crippen molar-refractivity contribution in [3.05, 3.63) is 17.5 Å². The van der Waals surface area contributed by atoms with Gasteiger partial charge in [0.25, 0.3) is 0 Å². The van der Waals surface area contributed by atoms with Gasteiger partial charge in [-0.15, -0.1) is 0 Å². The predicted molar refractivity (Wildman–Crippen MR) is 80.7 cm³/mol. The van der Waals surface area contributed by atoms with E-state index in [1.807, 2.05) is 11.6 Å². The maximum absolute atomic E-state index is 5.04. The Hall–Kier alpha value is -2.38. The van der Waals surface area contributed by atoms with E-state index in [-0.39, 0.29) is 6.01 Å². The van der Waals surface area contributed by atoms with E-state index < -0.39 is 0 Å². The molecule has 0 amide bonds. The van der Waals surface area contributed by atoms with Crippen LogP contribution in [0.15, 0.2) is 6.07 Å². The van der Waals surface area contributed by atoms with Crippen LogP contribution >= 0.6 is 0 Å². The van der Waals surface area contributed by atoms with Crippen LogP contribution in [-0.4, -0.2) is 45.4 Å². The van der Waals surface area contributed by atoms with Gasteiger partial charge in [0.1, 0.15) is 0 Å². The standard InChI is InChI=1S/C13H21N7O/c1-9-8-10(2)20(19-9)7-5-6-15-12-16-11(14-3)17-13(18-12)21-4/h8H,5-7H2,1-4H3,(H2,14,15,16,17,18). The molecule has 2 aromatic rings. The Labute approximate surface area is 124 Å². The van der Waals surface area contributed by atoms with Crippen LogP contribution in [0.1, 0.15) is 17.8 Å². The summed E-state index contributed by atoms with van der Waals surface area (Å²) in [5.41, 5.74) is 2.22.